The summed E-state index contributed by atoms with van der Waals surface area (Å²) in [5, 5.41) is 19.1. The summed E-state index contributed by atoms with van der Waals surface area (Å²) in [7, 11) is 0. The highest BCUT2D eigenvalue weighted by Gasteiger charge is 2.14. The van der Waals surface area contributed by atoms with Crippen molar-refractivity contribution in [1.82, 2.24) is 9.97 Å². The molecule has 0 aliphatic rings. The van der Waals surface area contributed by atoms with Gasteiger partial charge in [-0.05, 0) is 31.2 Å². The lowest BCUT2D eigenvalue weighted by molar-refractivity contribution is 0.319. The van der Waals surface area contributed by atoms with Crippen LogP contribution in [0.15, 0.2) is 78.0 Å². The van der Waals surface area contributed by atoms with Crippen LogP contribution in [0.1, 0.15) is 12.5 Å². The highest BCUT2D eigenvalue weighted by Crippen LogP contribution is 2.36. The van der Waals surface area contributed by atoms with Crippen LogP contribution in [0.2, 0.25) is 0 Å². The van der Waals surface area contributed by atoms with Crippen molar-refractivity contribution < 1.29 is 5.21 Å². The van der Waals surface area contributed by atoms with E-state index in [0.29, 0.717) is 5.71 Å². The number of aromatic amines is 1. The van der Waals surface area contributed by atoms with Gasteiger partial charge in [-0.25, -0.2) is 4.98 Å². The van der Waals surface area contributed by atoms with E-state index in [4.69, 9.17) is 10.2 Å². The molecule has 2 aromatic heterocycles. The molecule has 0 unspecified atom stereocenters. The van der Waals surface area contributed by atoms with Gasteiger partial charge >= 0.3 is 0 Å². The van der Waals surface area contributed by atoms with E-state index in [0.717, 1.165) is 49.8 Å². The minimum absolute atomic E-state index is 0.562. The zero-order valence-electron chi connectivity index (χ0n) is 15.3. The van der Waals surface area contributed by atoms with Crippen LogP contribution >= 0.6 is 0 Å². The molecule has 0 aliphatic heterocycles. The molecular formula is C23H18N4O. The van der Waals surface area contributed by atoms with Gasteiger partial charge in [-0.3, -0.25) is 0 Å². The summed E-state index contributed by atoms with van der Waals surface area (Å²) in [5.41, 5.74) is 5.37. The van der Waals surface area contributed by atoms with E-state index in [1.54, 1.807) is 6.92 Å². The summed E-state index contributed by atoms with van der Waals surface area (Å²) < 4.78 is 0. The van der Waals surface area contributed by atoms with Crippen LogP contribution in [0, 0.1) is 0 Å². The number of anilines is 2. The first-order chi connectivity index (χ1) is 13.7. The van der Waals surface area contributed by atoms with Crippen LogP contribution in [-0.4, -0.2) is 20.9 Å². The van der Waals surface area contributed by atoms with Gasteiger partial charge in [-0.1, -0.05) is 53.7 Å². The number of nitrogens with one attached hydrogen (secondary N) is 2. The third-order valence-electron chi connectivity index (χ3n) is 5.04. The third kappa shape index (κ3) is 2.56. The lowest BCUT2D eigenvalue weighted by Gasteiger charge is -2.11. The molecule has 136 valence electrons. The molecule has 0 amide bonds. The quantitative estimate of drug-likeness (QED) is 0.214. The van der Waals surface area contributed by atoms with Gasteiger partial charge in [0, 0.05) is 27.5 Å². The normalized spacial score (nSPS) is 12.1. The Morgan fingerprint density at radius 2 is 1.75 bits per heavy atom. The predicted molar refractivity (Wildman–Crippen MR) is 115 cm³/mol. The molecule has 5 heteroatoms. The number of fused-ring (bicyclic) bond motifs is 5. The molecule has 0 fully saturated rings. The van der Waals surface area contributed by atoms with E-state index in [1.165, 1.54) is 0 Å². The van der Waals surface area contributed by atoms with Gasteiger partial charge in [0.1, 0.15) is 5.82 Å². The maximum atomic E-state index is 9.07. The van der Waals surface area contributed by atoms with E-state index in [9.17, 15) is 0 Å². The lowest BCUT2D eigenvalue weighted by Crippen LogP contribution is -1.99. The van der Waals surface area contributed by atoms with Gasteiger partial charge in [0.25, 0.3) is 0 Å². The highest BCUT2D eigenvalue weighted by molar-refractivity contribution is 6.20. The Kier molecular flexibility index (Phi) is 3.72. The van der Waals surface area contributed by atoms with Crippen LogP contribution in [0.3, 0.4) is 0 Å². The van der Waals surface area contributed by atoms with Crippen LogP contribution in [-0.2, 0) is 0 Å². The second kappa shape index (κ2) is 6.39. The first kappa shape index (κ1) is 16.3. The molecule has 0 saturated carbocycles. The lowest BCUT2D eigenvalue weighted by atomic mass is 10.1. The minimum atomic E-state index is 0.562. The van der Waals surface area contributed by atoms with Crippen molar-refractivity contribution in [2.24, 2.45) is 5.16 Å². The van der Waals surface area contributed by atoms with Gasteiger partial charge < -0.3 is 15.5 Å². The number of hydrogen-bond acceptors (Lipinski definition) is 4. The number of pyridine rings is 1. The molecule has 3 aromatic carbocycles. The zero-order valence-corrected chi connectivity index (χ0v) is 15.3. The van der Waals surface area contributed by atoms with Crippen molar-refractivity contribution in [3.8, 4) is 0 Å². The summed E-state index contributed by atoms with van der Waals surface area (Å²) >= 11 is 0. The molecule has 0 saturated heterocycles. The largest absolute Gasteiger partial charge is 0.411 e. The molecule has 28 heavy (non-hydrogen) atoms. The van der Waals surface area contributed by atoms with E-state index in [2.05, 4.69) is 33.7 Å². The number of benzene rings is 3. The SMILES string of the molecule is C/C(=N/O)c1cccc(Nc2nc3ccccc3c3[nH]c4ccccc4c23)c1. The van der Waals surface area contributed by atoms with Gasteiger partial charge in [-0.2, -0.15) is 0 Å². The molecule has 5 rings (SSSR count). The van der Waals surface area contributed by atoms with Crippen molar-refractivity contribution >= 4 is 49.9 Å². The van der Waals surface area contributed by atoms with Crippen molar-refractivity contribution in [3.05, 3.63) is 78.4 Å². The second-order valence-electron chi connectivity index (χ2n) is 6.79. The summed E-state index contributed by atoms with van der Waals surface area (Å²) in [4.78, 5) is 8.46. The Morgan fingerprint density at radius 1 is 0.964 bits per heavy atom. The summed E-state index contributed by atoms with van der Waals surface area (Å²) in [6.07, 6.45) is 0. The van der Waals surface area contributed by atoms with Crippen LogP contribution in [0.25, 0.3) is 32.7 Å². The first-order valence-electron chi connectivity index (χ1n) is 9.10. The Morgan fingerprint density at radius 3 is 2.61 bits per heavy atom. The number of rotatable bonds is 3. The average molecular weight is 366 g/mol. The average Bonchev–Trinajstić information content (AvgIpc) is 3.14. The molecule has 0 radical (unpaired) electrons. The first-order valence-corrected chi connectivity index (χ1v) is 9.10. The highest BCUT2D eigenvalue weighted by atomic mass is 16.4. The number of oxime groups is 1. The maximum Gasteiger partial charge on any atom is 0.141 e. The Hall–Kier alpha value is -3.86. The van der Waals surface area contributed by atoms with Crippen LogP contribution < -0.4 is 5.32 Å². The van der Waals surface area contributed by atoms with Crippen LogP contribution in [0.5, 0.6) is 0 Å². The van der Waals surface area contributed by atoms with Crippen molar-refractivity contribution in [3.63, 3.8) is 0 Å². The molecule has 0 aliphatic carbocycles. The molecular weight excluding hydrogens is 348 g/mol. The van der Waals surface area contributed by atoms with Crippen LogP contribution in [0.4, 0.5) is 11.5 Å². The monoisotopic (exact) mass is 366 g/mol. The van der Waals surface area contributed by atoms with Gasteiger partial charge in [0.2, 0.25) is 0 Å². The van der Waals surface area contributed by atoms with Gasteiger partial charge in [-0.15, -0.1) is 0 Å². The van der Waals surface area contributed by atoms with E-state index < -0.39 is 0 Å². The van der Waals surface area contributed by atoms with E-state index in [1.807, 2.05) is 54.6 Å². The van der Waals surface area contributed by atoms with Crippen molar-refractivity contribution in [2.45, 2.75) is 6.92 Å². The Bertz CT molecular complexity index is 1370. The molecule has 0 bridgehead atoms. The molecule has 2 heterocycles. The summed E-state index contributed by atoms with van der Waals surface area (Å²) in [6, 6.07) is 24.2. The fourth-order valence-electron chi connectivity index (χ4n) is 3.66. The summed E-state index contributed by atoms with van der Waals surface area (Å²) in [6.45, 7) is 1.77. The fraction of sp³-hybridized carbons (Fsp3) is 0.0435. The van der Waals surface area contributed by atoms with Gasteiger partial charge in [0.05, 0.1) is 22.1 Å². The van der Waals surface area contributed by atoms with Crippen molar-refractivity contribution in [1.29, 1.82) is 0 Å². The standard InChI is InChI=1S/C23H18N4O/c1-14(27-28)15-7-6-8-16(13-15)24-23-21-17-9-2-4-11-19(17)25-22(21)18-10-3-5-12-20(18)26-23/h2-13,25,28H,1H3,(H,24,26)/b27-14-. The number of aromatic nitrogens is 2. The number of nitrogens with zero attached hydrogens (tertiary/aromatic N) is 2. The second-order valence-corrected chi connectivity index (χ2v) is 6.79. The zero-order chi connectivity index (χ0) is 19.1. The Balaban J connectivity index is 1.76. The molecule has 5 aromatic rings. The molecule has 0 atom stereocenters. The van der Waals surface area contributed by atoms with Crippen molar-refractivity contribution in [2.75, 3.05) is 5.32 Å². The molecule has 0 spiro atoms. The fourth-order valence-corrected chi connectivity index (χ4v) is 3.66. The topological polar surface area (TPSA) is 73.3 Å². The van der Waals surface area contributed by atoms with E-state index >= 15 is 0 Å². The molecule has 3 N–H and O–H groups in total. The molecule has 5 nitrogen and oxygen atoms in total. The maximum absolute atomic E-state index is 9.07. The smallest absolute Gasteiger partial charge is 0.141 e. The third-order valence-corrected chi connectivity index (χ3v) is 5.04. The Labute approximate surface area is 161 Å². The number of para-hydroxylation sites is 2. The predicted octanol–water partition coefficient (Wildman–Crippen LogP) is 5.81. The summed E-state index contributed by atoms with van der Waals surface area (Å²) in [5.74, 6) is 0.793. The van der Waals surface area contributed by atoms with E-state index in [-0.39, 0.29) is 0 Å². The number of hydrogen-bond donors (Lipinski definition) is 3. The minimum Gasteiger partial charge on any atom is -0.411 e. The number of H-pyrrole nitrogens is 1. The van der Waals surface area contributed by atoms with Gasteiger partial charge in [0.15, 0.2) is 0 Å².